The van der Waals surface area contributed by atoms with Crippen molar-refractivity contribution in [2.24, 2.45) is 0 Å². The molecule has 0 amide bonds. The molecule has 0 aliphatic heterocycles. The van der Waals surface area contributed by atoms with E-state index in [4.69, 9.17) is 10.8 Å². The fourth-order valence-corrected chi connectivity index (χ4v) is 2.22. The zero-order valence-corrected chi connectivity index (χ0v) is 9.90. The van der Waals surface area contributed by atoms with Crippen LogP contribution in [0.2, 0.25) is 0 Å². The topological polar surface area (TPSA) is 49.5 Å². The van der Waals surface area contributed by atoms with Gasteiger partial charge in [-0.2, -0.15) is 0 Å². The van der Waals surface area contributed by atoms with Crippen LogP contribution in [0.25, 0.3) is 0 Å². The Morgan fingerprint density at radius 1 is 1.35 bits per heavy atom. The Labute approximate surface area is 101 Å². The van der Waals surface area contributed by atoms with E-state index in [0.717, 1.165) is 25.1 Å². The van der Waals surface area contributed by atoms with Crippen molar-refractivity contribution in [2.45, 2.75) is 31.7 Å². The van der Waals surface area contributed by atoms with Crippen LogP contribution < -0.4 is 10.6 Å². The monoisotopic (exact) mass is 238 g/mol. The third-order valence-corrected chi connectivity index (χ3v) is 3.31. The first kappa shape index (κ1) is 12.2. The number of anilines is 2. The average molecular weight is 238 g/mol. The third kappa shape index (κ3) is 2.88. The lowest BCUT2D eigenvalue weighted by Gasteiger charge is -2.39. The molecular weight excluding hydrogens is 219 g/mol. The quantitative estimate of drug-likeness (QED) is 0.773. The summed E-state index contributed by atoms with van der Waals surface area (Å²) in [6, 6.07) is 5.13. The van der Waals surface area contributed by atoms with Crippen molar-refractivity contribution < 1.29 is 9.50 Å². The number of halogens is 1. The van der Waals surface area contributed by atoms with Crippen molar-refractivity contribution in [1.29, 1.82) is 0 Å². The van der Waals surface area contributed by atoms with Crippen molar-refractivity contribution in [3.8, 4) is 0 Å². The minimum Gasteiger partial charge on any atom is -0.399 e. The lowest BCUT2D eigenvalue weighted by Crippen LogP contribution is -2.41. The van der Waals surface area contributed by atoms with Crippen LogP contribution in [-0.4, -0.2) is 24.3 Å². The maximum atomic E-state index is 13.3. The number of aliphatic hydroxyl groups excluding tert-OH is 1. The standard InChI is InChI=1S/C13H19FN2O/c14-10-7-11(15)9-13(8-10)16(5-2-6-17)12-3-1-4-12/h7-9,12,17H,1-6,15H2. The molecule has 0 radical (unpaired) electrons. The van der Waals surface area contributed by atoms with Gasteiger partial charge in [-0.1, -0.05) is 0 Å². The minimum absolute atomic E-state index is 0.161. The molecule has 1 saturated carbocycles. The molecule has 0 heterocycles. The summed E-state index contributed by atoms with van der Waals surface area (Å²) in [5, 5.41) is 8.92. The molecule has 3 N–H and O–H groups in total. The normalized spacial score (nSPS) is 15.6. The SMILES string of the molecule is Nc1cc(F)cc(N(CCCO)C2CCC2)c1. The fraction of sp³-hybridized carbons (Fsp3) is 0.538. The second kappa shape index (κ2) is 5.36. The predicted molar refractivity (Wildman–Crippen MR) is 67.5 cm³/mol. The molecule has 0 aromatic heterocycles. The number of nitrogen functional groups attached to an aromatic ring is 1. The van der Waals surface area contributed by atoms with E-state index in [9.17, 15) is 4.39 Å². The maximum absolute atomic E-state index is 13.3. The van der Waals surface area contributed by atoms with Crippen LogP contribution in [0.4, 0.5) is 15.8 Å². The highest BCUT2D eigenvalue weighted by molar-refractivity contribution is 5.57. The van der Waals surface area contributed by atoms with Gasteiger partial charge in [0.2, 0.25) is 0 Å². The van der Waals surface area contributed by atoms with Crippen molar-refractivity contribution in [2.75, 3.05) is 23.8 Å². The number of hydrogen-bond donors (Lipinski definition) is 2. The van der Waals surface area contributed by atoms with Gasteiger partial charge < -0.3 is 15.7 Å². The van der Waals surface area contributed by atoms with E-state index in [1.54, 1.807) is 6.07 Å². The van der Waals surface area contributed by atoms with Crippen molar-refractivity contribution in [3.63, 3.8) is 0 Å². The second-order valence-electron chi connectivity index (χ2n) is 4.60. The fourth-order valence-electron chi connectivity index (χ4n) is 2.22. The van der Waals surface area contributed by atoms with Crippen LogP contribution in [0.5, 0.6) is 0 Å². The summed E-state index contributed by atoms with van der Waals surface area (Å²) in [5.41, 5.74) is 6.96. The number of nitrogens with zero attached hydrogens (tertiary/aromatic N) is 1. The van der Waals surface area contributed by atoms with E-state index in [1.165, 1.54) is 18.6 Å². The van der Waals surface area contributed by atoms with Gasteiger partial charge in [0.1, 0.15) is 5.82 Å². The summed E-state index contributed by atoms with van der Waals surface area (Å²) in [4.78, 5) is 2.17. The summed E-state index contributed by atoms with van der Waals surface area (Å²) < 4.78 is 13.3. The van der Waals surface area contributed by atoms with E-state index < -0.39 is 0 Å². The van der Waals surface area contributed by atoms with Gasteiger partial charge in [0.25, 0.3) is 0 Å². The van der Waals surface area contributed by atoms with Crippen LogP contribution in [-0.2, 0) is 0 Å². The molecule has 2 rings (SSSR count). The van der Waals surface area contributed by atoms with Crippen LogP contribution >= 0.6 is 0 Å². The molecule has 1 fully saturated rings. The number of rotatable bonds is 5. The first-order chi connectivity index (χ1) is 8.20. The summed E-state index contributed by atoms with van der Waals surface area (Å²) in [6.07, 6.45) is 4.21. The molecule has 1 aromatic rings. The summed E-state index contributed by atoms with van der Waals surface area (Å²) >= 11 is 0. The van der Waals surface area contributed by atoms with Gasteiger partial charge in [0, 0.05) is 30.6 Å². The Bertz CT molecular complexity index is 359. The summed E-state index contributed by atoms with van der Waals surface area (Å²) in [5.74, 6) is -0.298. The highest BCUT2D eigenvalue weighted by Gasteiger charge is 2.25. The smallest absolute Gasteiger partial charge is 0.127 e. The first-order valence-electron chi connectivity index (χ1n) is 6.14. The lowest BCUT2D eigenvalue weighted by molar-refractivity contribution is 0.283. The highest BCUT2D eigenvalue weighted by Crippen LogP contribution is 2.31. The van der Waals surface area contributed by atoms with E-state index in [0.29, 0.717) is 18.2 Å². The van der Waals surface area contributed by atoms with Crippen molar-refractivity contribution in [1.82, 2.24) is 0 Å². The number of nitrogens with two attached hydrogens (primary N) is 1. The first-order valence-corrected chi connectivity index (χ1v) is 6.14. The van der Waals surface area contributed by atoms with Crippen LogP contribution in [0.3, 0.4) is 0 Å². The summed E-state index contributed by atoms with van der Waals surface area (Å²) in [6.45, 7) is 0.915. The van der Waals surface area contributed by atoms with Crippen LogP contribution in [0.15, 0.2) is 18.2 Å². The van der Waals surface area contributed by atoms with Gasteiger partial charge in [0.15, 0.2) is 0 Å². The second-order valence-corrected chi connectivity index (χ2v) is 4.60. The molecule has 4 heteroatoms. The van der Waals surface area contributed by atoms with Crippen molar-refractivity contribution >= 4 is 11.4 Å². The highest BCUT2D eigenvalue weighted by atomic mass is 19.1. The molecule has 3 nitrogen and oxygen atoms in total. The van der Waals surface area contributed by atoms with Gasteiger partial charge in [0.05, 0.1) is 0 Å². The van der Waals surface area contributed by atoms with E-state index in [1.807, 2.05) is 0 Å². The van der Waals surface area contributed by atoms with E-state index in [-0.39, 0.29) is 12.4 Å². The zero-order chi connectivity index (χ0) is 12.3. The van der Waals surface area contributed by atoms with Crippen molar-refractivity contribution in [3.05, 3.63) is 24.0 Å². The van der Waals surface area contributed by atoms with E-state index >= 15 is 0 Å². The van der Waals surface area contributed by atoms with Gasteiger partial charge in [-0.25, -0.2) is 4.39 Å². The third-order valence-electron chi connectivity index (χ3n) is 3.31. The average Bonchev–Trinajstić information content (AvgIpc) is 2.19. The van der Waals surface area contributed by atoms with E-state index in [2.05, 4.69) is 4.90 Å². The molecular formula is C13H19FN2O. The van der Waals surface area contributed by atoms with Crippen LogP contribution in [0.1, 0.15) is 25.7 Å². The molecule has 0 saturated heterocycles. The molecule has 0 bridgehead atoms. The van der Waals surface area contributed by atoms with Gasteiger partial charge >= 0.3 is 0 Å². The molecule has 94 valence electrons. The Hall–Kier alpha value is -1.29. The number of benzene rings is 1. The number of hydrogen-bond acceptors (Lipinski definition) is 3. The molecule has 17 heavy (non-hydrogen) atoms. The lowest BCUT2D eigenvalue weighted by atomic mass is 9.91. The molecule has 1 aromatic carbocycles. The molecule has 1 aliphatic rings. The Morgan fingerprint density at radius 2 is 2.12 bits per heavy atom. The Kier molecular flexibility index (Phi) is 3.84. The molecule has 1 aliphatic carbocycles. The van der Waals surface area contributed by atoms with Gasteiger partial charge in [-0.15, -0.1) is 0 Å². The molecule has 0 spiro atoms. The van der Waals surface area contributed by atoms with Crippen LogP contribution in [0, 0.1) is 5.82 Å². The molecule has 0 unspecified atom stereocenters. The predicted octanol–water partition coefficient (Wildman–Crippen LogP) is 2.15. The zero-order valence-electron chi connectivity index (χ0n) is 9.90. The largest absolute Gasteiger partial charge is 0.399 e. The van der Waals surface area contributed by atoms with Gasteiger partial charge in [-0.3, -0.25) is 0 Å². The minimum atomic E-state index is -0.298. The van der Waals surface area contributed by atoms with Gasteiger partial charge in [-0.05, 0) is 43.9 Å². The number of aliphatic hydroxyl groups is 1. The summed E-state index contributed by atoms with van der Waals surface area (Å²) in [7, 11) is 0. The maximum Gasteiger partial charge on any atom is 0.127 e. The Balaban J connectivity index is 2.17. The Morgan fingerprint density at radius 3 is 2.65 bits per heavy atom. The molecule has 0 atom stereocenters.